The van der Waals surface area contributed by atoms with Crippen LogP contribution < -0.4 is 0 Å². The summed E-state index contributed by atoms with van der Waals surface area (Å²) >= 11 is 0. The van der Waals surface area contributed by atoms with Gasteiger partial charge in [-0.2, -0.15) is 0 Å². The molecule has 6 nitrogen and oxygen atoms in total. The van der Waals surface area contributed by atoms with Gasteiger partial charge in [0, 0.05) is 6.92 Å². The first kappa shape index (κ1) is 16.3. The van der Waals surface area contributed by atoms with Crippen molar-refractivity contribution in [2.75, 3.05) is 6.61 Å². The third-order valence-electron chi connectivity index (χ3n) is 1.54. The van der Waals surface area contributed by atoms with E-state index in [1.165, 1.54) is 10.8 Å². The maximum Gasteiger partial charge on any atom is 2.00 e. The van der Waals surface area contributed by atoms with Crippen LogP contribution in [0.4, 0.5) is 5.82 Å². The number of hydrogen-bond donors (Lipinski definition) is 1. The second kappa shape index (κ2) is 7.20. The van der Waals surface area contributed by atoms with Gasteiger partial charge in [0.25, 0.3) is 0 Å². The predicted molar refractivity (Wildman–Crippen MR) is 58.6 cm³/mol. The fraction of sp³-hybridized carbons (Fsp3) is 0.500. The summed E-state index contributed by atoms with van der Waals surface area (Å²) in [5.41, 5.74) is 0. The van der Waals surface area contributed by atoms with Crippen molar-refractivity contribution in [3.63, 3.8) is 0 Å². The maximum absolute atomic E-state index is 10.4. The number of nitro groups is 1. The minimum Gasteiger partial charge on any atom is -1.00 e. The number of aliphatic hydroxyl groups is 1. The minimum absolute atomic E-state index is 0. The number of aryl methyl sites for hydroxylation is 1. The van der Waals surface area contributed by atoms with Crippen LogP contribution in [-0.2, 0) is 6.54 Å². The fourth-order valence-electron chi connectivity index (χ4n) is 0.978. The van der Waals surface area contributed by atoms with Crippen molar-refractivity contribution in [3.8, 4) is 0 Å². The van der Waals surface area contributed by atoms with Gasteiger partial charge >= 0.3 is 28.9 Å². The Labute approximate surface area is 111 Å². The van der Waals surface area contributed by atoms with Crippen LogP contribution in [0.15, 0.2) is 6.20 Å². The molecule has 14 heavy (non-hydrogen) atoms. The smallest absolute Gasteiger partial charge is 1.00 e. The standard InChI is InChI=1S/C6H9N3O3.Al.Mg.5H/c1-5-7-4-6(9(11)12)8(5)2-3-10;;;;;;;/h4,10H,2-3H2,1H3;;;;;;;/q;;+2;;;;2*-1. The average molecular weight is 227 g/mol. The molecule has 0 aliphatic carbocycles. The van der Waals surface area contributed by atoms with E-state index in [4.69, 9.17) is 5.11 Å². The van der Waals surface area contributed by atoms with Gasteiger partial charge < -0.3 is 18.1 Å². The number of imidazole rings is 1. The van der Waals surface area contributed by atoms with Gasteiger partial charge in [-0.1, -0.05) is 0 Å². The van der Waals surface area contributed by atoms with Crippen LogP contribution in [0, 0.1) is 17.0 Å². The van der Waals surface area contributed by atoms with Gasteiger partial charge in [0.15, 0.2) is 23.2 Å². The van der Waals surface area contributed by atoms with E-state index >= 15 is 0 Å². The molecule has 0 aliphatic heterocycles. The van der Waals surface area contributed by atoms with E-state index in [1.54, 1.807) is 6.92 Å². The van der Waals surface area contributed by atoms with Crippen LogP contribution in [-0.4, -0.2) is 66.6 Å². The van der Waals surface area contributed by atoms with E-state index in [-0.39, 0.29) is 62.2 Å². The molecule has 0 atom stereocenters. The Morgan fingerprint density at radius 2 is 2.36 bits per heavy atom. The number of aliphatic hydroxyl groups excluding tert-OH is 1. The van der Waals surface area contributed by atoms with Crippen LogP contribution in [0.3, 0.4) is 0 Å². The van der Waals surface area contributed by atoms with E-state index in [0.29, 0.717) is 5.82 Å². The summed E-state index contributed by atoms with van der Waals surface area (Å²) in [7, 11) is 0. The summed E-state index contributed by atoms with van der Waals surface area (Å²) in [6.45, 7) is 1.74. The summed E-state index contributed by atoms with van der Waals surface area (Å²) in [4.78, 5) is 13.6. The van der Waals surface area contributed by atoms with Crippen LogP contribution in [0.25, 0.3) is 0 Å². The summed E-state index contributed by atoms with van der Waals surface area (Å²) < 4.78 is 1.36. The molecule has 1 aromatic heterocycles. The van der Waals surface area contributed by atoms with Crippen molar-refractivity contribution >= 4 is 46.2 Å². The van der Waals surface area contributed by atoms with Crippen LogP contribution in [0.2, 0.25) is 0 Å². The van der Waals surface area contributed by atoms with E-state index in [0.717, 1.165) is 0 Å². The molecule has 0 aliphatic rings. The van der Waals surface area contributed by atoms with Gasteiger partial charge in [-0.05, 0) is 4.92 Å². The maximum atomic E-state index is 10.4. The van der Waals surface area contributed by atoms with Gasteiger partial charge in [0.2, 0.25) is 0 Å². The van der Waals surface area contributed by atoms with Crippen molar-refractivity contribution in [1.29, 1.82) is 0 Å². The molecule has 1 heterocycles. The third kappa shape index (κ3) is 3.55. The Kier molecular flexibility index (Phi) is 8.38. The Balaban J connectivity index is -0.000000180. The van der Waals surface area contributed by atoms with Crippen molar-refractivity contribution in [2.24, 2.45) is 0 Å². The summed E-state index contributed by atoms with van der Waals surface area (Å²) in [5, 5.41) is 19.0. The Bertz CT molecular complexity index is 313. The summed E-state index contributed by atoms with van der Waals surface area (Å²) in [5.74, 6) is 0.456. The van der Waals surface area contributed by atoms with Crippen LogP contribution >= 0.6 is 0 Å². The van der Waals surface area contributed by atoms with Crippen molar-refractivity contribution < 1.29 is 12.9 Å². The molecule has 0 fully saturated rings. The number of nitrogens with zero attached hydrogens (tertiary/aromatic N) is 3. The molecule has 1 rings (SSSR count). The van der Waals surface area contributed by atoms with Crippen LogP contribution in [0.5, 0.6) is 0 Å². The van der Waals surface area contributed by atoms with Gasteiger partial charge in [0.05, 0.1) is 6.61 Å². The van der Waals surface area contributed by atoms with Crippen molar-refractivity contribution in [3.05, 3.63) is 22.1 Å². The fourth-order valence-corrected chi connectivity index (χ4v) is 0.978. The molecule has 0 unspecified atom stereocenters. The zero-order valence-electron chi connectivity index (χ0n) is 9.30. The average Bonchev–Trinajstić information content (AvgIpc) is 2.34. The zero-order chi connectivity index (χ0) is 9.14. The Hall–Kier alpha value is -0.131. The largest absolute Gasteiger partial charge is 2.00 e. The van der Waals surface area contributed by atoms with Gasteiger partial charge in [0.1, 0.15) is 12.7 Å². The third-order valence-corrected chi connectivity index (χ3v) is 1.54. The summed E-state index contributed by atoms with van der Waals surface area (Å²) in [6, 6.07) is 0. The molecule has 76 valence electrons. The van der Waals surface area contributed by atoms with Gasteiger partial charge in [-0.25, -0.2) is 9.55 Å². The first-order valence-electron chi connectivity index (χ1n) is 3.44. The molecule has 0 saturated heterocycles. The quantitative estimate of drug-likeness (QED) is 0.398. The topological polar surface area (TPSA) is 81.2 Å². The van der Waals surface area contributed by atoms with E-state index in [2.05, 4.69) is 4.98 Å². The summed E-state index contributed by atoms with van der Waals surface area (Å²) in [6.07, 6.45) is 1.19. The monoisotopic (exact) mass is 227 g/mol. The molecule has 1 N–H and O–H groups in total. The molecule has 0 amide bonds. The molecule has 8 heteroatoms. The number of hydrogen-bond acceptors (Lipinski definition) is 4. The molecular weight excluding hydrogens is 213 g/mol. The SMILES string of the molecule is Cc1ncc([N+](=O)[O-])n1CCO.[AlH3].[H-].[H-].[Mg+2]. The molecule has 0 saturated carbocycles. The Morgan fingerprint density at radius 3 is 2.79 bits per heavy atom. The first-order valence-corrected chi connectivity index (χ1v) is 3.44. The van der Waals surface area contributed by atoms with E-state index < -0.39 is 4.92 Å². The van der Waals surface area contributed by atoms with Gasteiger partial charge in [-0.3, -0.25) is 0 Å². The molecule has 0 radical (unpaired) electrons. The first-order chi connectivity index (χ1) is 5.66. The molecule has 0 spiro atoms. The predicted octanol–water partition coefficient (Wildman–Crippen LogP) is -1.25. The molecule has 1 aromatic rings. The van der Waals surface area contributed by atoms with Gasteiger partial charge in [-0.15, -0.1) is 0 Å². The molecule has 0 aromatic carbocycles. The second-order valence-corrected chi connectivity index (χ2v) is 2.30. The normalized spacial score (nSPS) is 8.71. The van der Waals surface area contributed by atoms with E-state index in [1.807, 2.05) is 0 Å². The molecular formula is C6H14AlMgN3O3. The number of rotatable bonds is 3. The minimum atomic E-state index is -0.518. The second-order valence-electron chi connectivity index (χ2n) is 2.30. The number of aromatic nitrogens is 2. The van der Waals surface area contributed by atoms with E-state index in [9.17, 15) is 10.1 Å². The van der Waals surface area contributed by atoms with Crippen molar-refractivity contribution in [2.45, 2.75) is 13.5 Å². The Morgan fingerprint density at radius 1 is 1.79 bits per heavy atom. The van der Waals surface area contributed by atoms with Crippen LogP contribution in [0.1, 0.15) is 8.68 Å². The zero-order valence-corrected chi connectivity index (χ0v) is 8.72. The van der Waals surface area contributed by atoms with Crippen molar-refractivity contribution in [1.82, 2.24) is 9.55 Å². The molecule has 0 bridgehead atoms.